The number of pyridine rings is 1. The topological polar surface area (TPSA) is 33.5 Å². The van der Waals surface area contributed by atoms with E-state index in [1.165, 1.54) is 72.5 Å². The van der Waals surface area contributed by atoms with Gasteiger partial charge in [-0.2, -0.15) is 0 Å². The van der Waals surface area contributed by atoms with Crippen molar-refractivity contribution in [3.8, 4) is 39.6 Å². The number of hydrogen-bond donors (Lipinski definition) is 0. The second kappa shape index (κ2) is 14.0. The van der Waals surface area contributed by atoms with Gasteiger partial charge in [0, 0.05) is 51.3 Å². The van der Waals surface area contributed by atoms with Gasteiger partial charge < -0.3 is 14.5 Å². The van der Waals surface area contributed by atoms with Crippen molar-refractivity contribution in [2.75, 3.05) is 16.5 Å². The summed E-state index contributed by atoms with van der Waals surface area (Å²) < 4.78 is 9.09. The molecular weight excluding hydrogens is 757 g/mol. The average Bonchev–Trinajstić information content (AvgIpc) is 3.88. The molecule has 0 fully saturated rings. The van der Waals surface area contributed by atoms with Gasteiger partial charge in [0.15, 0.2) is 0 Å². The normalized spacial score (nSPS) is 14.0. The second-order valence-electron chi connectivity index (χ2n) is 18.6. The highest BCUT2D eigenvalue weighted by Gasteiger charge is 2.41. The minimum Gasteiger partial charge on any atom is -0.457 e. The Labute approximate surface area is 364 Å². The molecule has 11 rings (SSSR count). The molecule has 0 atom stereocenters. The van der Waals surface area contributed by atoms with Crippen molar-refractivity contribution >= 4 is 44.6 Å². The summed E-state index contributed by atoms with van der Waals surface area (Å²) in [6.45, 7) is 16.6. The van der Waals surface area contributed by atoms with E-state index in [0.717, 1.165) is 39.4 Å². The molecule has 0 bridgehead atoms. The van der Waals surface area contributed by atoms with Crippen molar-refractivity contribution < 1.29 is 4.74 Å². The van der Waals surface area contributed by atoms with Crippen molar-refractivity contribution in [3.05, 3.63) is 192 Å². The predicted molar refractivity (Wildman–Crippen MR) is 258 cm³/mol. The van der Waals surface area contributed by atoms with Gasteiger partial charge in [0.25, 0.3) is 0 Å². The van der Waals surface area contributed by atoms with Gasteiger partial charge in [-0.15, -0.1) is 0 Å². The SMILES string of the molecule is Cc1cc2c(cc1C)N(c1c(-c3ccccc3)ccc3c1-c1ccccc1C3(C)C)CN2c1cccc(Oc2ccc3c4ccccc4n(-c4cc(C(C)(C)C)ccn4)c3c2)c1. The molecule has 304 valence electrons. The highest BCUT2D eigenvalue weighted by Crippen LogP contribution is 2.58. The molecular formula is C57H50N4O. The van der Waals surface area contributed by atoms with Gasteiger partial charge in [0.1, 0.15) is 24.0 Å². The standard InChI is InChI=1S/C57H50N4O/c1-36-30-51-52(31-37(36)2)60(55-43(38-16-9-8-10-17-38)26-27-48-54(55)46-21-11-13-22-47(46)57(48,6)7)35-59(51)40-18-15-19-41(33-40)62-42-24-25-45-44-20-12-14-23-49(44)61(50(45)34-42)53-32-39(28-29-58-53)56(3,4)5/h8-34H,35H2,1-7H3. The summed E-state index contributed by atoms with van der Waals surface area (Å²) in [5.41, 5.74) is 18.3. The van der Waals surface area contributed by atoms with Gasteiger partial charge in [-0.25, -0.2) is 4.98 Å². The number of hydrogen-bond acceptors (Lipinski definition) is 4. The summed E-state index contributed by atoms with van der Waals surface area (Å²) in [4.78, 5) is 9.90. The molecule has 5 nitrogen and oxygen atoms in total. The first-order valence-corrected chi connectivity index (χ1v) is 21.7. The monoisotopic (exact) mass is 806 g/mol. The minimum atomic E-state index is -0.128. The van der Waals surface area contributed by atoms with E-state index in [0.29, 0.717) is 6.67 Å². The summed E-state index contributed by atoms with van der Waals surface area (Å²) in [6.07, 6.45) is 1.93. The van der Waals surface area contributed by atoms with E-state index in [4.69, 9.17) is 9.72 Å². The maximum absolute atomic E-state index is 6.82. The smallest absolute Gasteiger partial charge is 0.137 e. The molecule has 1 aliphatic heterocycles. The summed E-state index contributed by atoms with van der Waals surface area (Å²) in [7, 11) is 0. The molecule has 0 spiro atoms. The molecule has 0 radical (unpaired) electrons. The van der Waals surface area contributed by atoms with E-state index in [2.05, 4.69) is 221 Å². The first-order valence-electron chi connectivity index (χ1n) is 21.7. The van der Waals surface area contributed by atoms with Crippen LogP contribution in [0.2, 0.25) is 0 Å². The number of para-hydroxylation sites is 1. The summed E-state index contributed by atoms with van der Waals surface area (Å²) in [6, 6.07) is 57.2. The fraction of sp³-hybridized carbons (Fsp3) is 0.175. The predicted octanol–water partition coefficient (Wildman–Crippen LogP) is 15.1. The zero-order valence-electron chi connectivity index (χ0n) is 36.5. The number of aryl methyl sites for hydroxylation is 2. The molecule has 0 amide bonds. The molecule has 3 heterocycles. The van der Waals surface area contributed by atoms with Crippen LogP contribution in [0.3, 0.4) is 0 Å². The van der Waals surface area contributed by atoms with Crippen LogP contribution in [0.4, 0.5) is 22.7 Å². The van der Waals surface area contributed by atoms with Crippen LogP contribution in [0.1, 0.15) is 62.4 Å². The van der Waals surface area contributed by atoms with Crippen molar-refractivity contribution in [2.45, 2.75) is 59.3 Å². The number of nitrogens with zero attached hydrogens (tertiary/aromatic N) is 4. The van der Waals surface area contributed by atoms with E-state index >= 15 is 0 Å². The van der Waals surface area contributed by atoms with Crippen molar-refractivity contribution in [3.63, 3.8) is 0 Å². The average molecular weight is 807 g/mol. The summed E-state index contributed by atoms with van der Waals surface area (Å²) in [5, 5.41) is 2.35. The highest BCUT2D eigenvalue weighted by molar-refractivity contribution is 6.09. The zero-order valence-corrected chi connectivity index (χ0v) is 36.5. The van der Waals surface area contributed by atoms with Gasteiger partial charge >= 0.3 is 0 Å². The Balaban J connectivity index is 1.02. The van der Waals surface area contributed by atoms with Crippen LogP contribution >= 0.6 is 0 Å². The molecule has 0 unspecified atom stereocenters. The van der Waals surface area contributed by atoms with Gasteiger partial charge in [0.2, 0.25) is 0 Å². The Hall–Kier alpha value is -7.11. The zero-order chi connectivity index (χ0) is 42.5. The van der Waals surface area contributed by atoms with Crippen LogP contribution < -0.4 is 14.5 Å². The maximum Gasteiger partial charge on any atom is 0.137 e. The largest absolute Gasteiger partial charge is 0.457 e. The third kappa shape index (κ3) is 5.94. The molecule has 2 aromatic heterocycles. The van der Waals surface area contributed by atoms with Crippen LogP contribution in [-0.2, 0) is 10.8 Å². The molecule has 0 N–H and O–H groups in total. The van der Waals surface area contributed by atoms with Gasteiger partial charge in [0.05, 0.1) is 28.1 Å². The first kappa shape index (κ1) is 37.9. The molecule has 1 aliphatic carbocycles. The van der Waals surface area contributed by atoms with E-state index < -0.39 is 0 Å². The Morgan fingerprint density at radius 1 is 0.581 bits per heavy atom. The van der Waals surface area contributed by atoms with Crippen LogP contribution in [0.5, 0.6) is 11.5 Å². The molecule has 9 aromatic rings. The van der Waals surface area contributed by atoms with Crippen molar-refractivity contribution in [2.24, 2.45) is 0 Å². The Morgan fingerprint density at radius 3 is 2.10 bits per heavy atom. The summed E-state index contributed by atoms with van der Waals surface area (Å²) in [5.74, 6) is 2.45. The third-order valence-corrected chi connectivity index (χ3v) is 13.4. The lowest BCUT2D eigenvalue weighted by atomic mass is 9.82. The van der Waals surface area contributed by atoms with E-state index in [-0.39, 0.29) is 10.8 Å². The Morgan fingerprint density at radius 2 is 1.29 bits per heavy atom. The Kier molecular flexibility index (Phi) is 8.53. The molecule has 5 heteroatoms. The van der Waals surface area contributed by atoms with Crippen molar-refractivity contribution in [1.29, 1.82) is 0 Å². The minimum absolute atomic E-state index is 0.00615. The number of ether oxygens (including phenoxy) is 1. The van der Waals surface area contributed by atoms with Crippen LogP contribution in [-0.4, -0.2) is 16.2 Å². The van der Waals surface area contributed by atoms with Crippen molar-refractivity contribution in [1.82, 2.24) is 9.55 Å². The Bertz CT molecular complexity index is 3240. The lowest BCUT2D eigenvalue weighted by Gasteiger charge is -2.28. The van der Waals surface area contributed by atoms with Gasteiger partial charge in [-0.05, 0) is 113 Å². The first-order chi connectivity index (χ1) is 30.0. The molecule has 0 saturated carbocycles. The number of rotatable bonds is 6. The maximum atomic E-state index is 6.82. The molecule has 7 aromatic carbocycles. The molecule has 62 heavy (non-hydrogen) atoms. The lowest BCUT2D eigenvalue weighted by molar-refractivity contribution is 0.483. The van der Waals surface area contributed by atoms with Crippen LogP contribution in [0, 0.1) is 13.8 Å². The number of fused-ring (bicyclic) bond motifs is 7. The van der Waals surface area contributed by atoms with E-state index in [1.807, 2.05) is 6.20 Å². The summed E-state index contributed by atoms with van der Waals surface area (Å²) >= 11 is 0. The lowest BCUT2D eigenvalue weighted by Crippen LogP contribution is -2.25. The molecule has 2 aliphatic rings. The third-order valence-electron chi connectivity index (χ3n) is 13.4. The fourth-order valence-electron chi connectivity index (χ4n) is 9.95. The van der Waals surface area contributed by atoms with Crippen LogP contribution in [0.15, 0.2) is 164 Å². The number of anilines is 4. The highest BCUT2D eigenvalue weighted by atomic mass is 16.5. The van der Waals surface area contributed by atoms with Crippen LogP contribution in [0.25, 0.3) is 49.9 Å². The second-order valence-corrected chi connectivity index (χ2v) is 18.6. The number of benzene rings is 7. The molecule has 0 saturated heterocycles. The van der Waals surface area contributed by atoms with E-state index in [9.17, 15) is 0 Å². The quantitative estimate of drug-likeness (QED) is 0.168. The van der Waals surface area contributed by atoms with Gasteiger partial charge in [-0.3, -0.25) is 4.57 Å². The number of aromatic nitrogens is 2. The fourth-order valence-corrected chi connectivity index (χ4v) is 9.95. The van der Waals surface area contributed by atoms with Gasteiger partial charge in [-0.1, -0.05) is 126 Å². The van der Waals surface area contributed by atoms with E-state index in [1.54, 1.807) is 0 Å².